The number of hydrogen-bond donors (Lipinski definition) is 2. The first-order chi connectivity index (χ1) is 15.2. The molecule has 4 rings (SSSR count). The Morgan fingerprint density at radius 3 is 2.41 bits per heavy atom. The van der Waals surface area contributed by atoms with Crippen molar-refractivity contribution in [3.63, 3.8) is 0 Å². The number of aromatic nitrogens is 1. The first-order valence-corrected chi connectivity index (χ1v) is 10.8. The monoisotopic (exact) mass is 457 g/mol. The summed E-state index contributed by atoms with van der Waals surface area (Å²) in [5, 5.41) is 2.55. The number of nitrogens with zero attached hydrogens (tertiary/aromatic N) is 3. The van der Waals surface area contributed by atoms with Gasteiger partial charge in [-0.25, -0.2) is 0 Å². The normalized spacial score (nSPS) is 15.9. The molecule has 1 fully saturated rings. The molecule has 0 atom stereocenters. The maximum Gasteiger partial charge on any atom is 0.262 e. The van der Waals surface area contributed by atoms with E-state index < -0.39 is 17.4 Å². The molecule has 32 heavy (non-hydrogen) atoms. The smallest absolute Gasteiger partial charge is 0.262 e. The Bertz CT molecular complexity index is 1180. The van der Waals surface area contributed by atoms with Crippen LogP contribution in [0.15, 0.2) is 29.1 Å². The number of nitrogen functional groups attached to an aromatic ring is 1. The van der Waals surface area contributed by atoms with Crippen molar-refractivity contribution in [2.75, 3.05) is 36.8 Å². The maximum absolute atomic E-state index is 12.9. The number of fused-ring (bicyclic) bond motifs is 1. The van der Waals surface area contributed by atoms with Crippen molar-refractivity contribution < 1.29 is 14.4 Å². The Morgan fingerprint density at radius 2 is 1.75 bits per heavy atom. The quantitative estimate of drug-likeness (QED) is 0.674. The number of piperazine rings is 1. The van der Waals surface area contributed by atoms with Crippen LogP contribution in [0.3, 0.4) is 0 Å². The van der Waals surface area contributed by atoms with Crippen LogP contribution < -0.4 is 21.5 Å². The molecule has 1 aromatic carbocycles. The molecule has 0 saturated carbocycles. The first kappa shape index (κ1) is 21.9. The van der Waals surface area contributed by atoms with Gasteiger partial charge in [-0.1, -0.05) is 25.4 Å². The number of benzene rings is 1. The SMILES string of the molecule is CC(C)CC(=O)N1CCN(c2ccc(Cl)cc2-n2c(N)c3c(cc2=O)C(=O)NC3=O)CC1. The molecule has 9 nitrogen and oxygen atoms in total. The van der Waals surface area contributed by atoms with E-state index in [2.05, 4.69) is 10.2 Å². The second-order valence-electron chi connectivity index (χ2n) is 8.37. The van der Waals surface area contributed by atoms with Crippen molar-refractivity contribution in [1.29, 1.82) is 0 Å². The third-order valence-corrected chi connectivity index (χ3v) is 5.92. The van der Waals surface area contributed by atoms with Gasteiger partial charge in [-0.05, 0) is 24.1 Å². The standard InChI is InChI=1S/C22H24ClN5O4/c1-12(2)9-17(29)27-7-5-26(6-8-27)15-4-3-13(23)10-16(15)28-18(30)11-14-19(20(28)24)22(32)25-21(14)31/h3-4,10-12H,5-9,24H2,1-2H3,(H,25,31,32). The van der Waals surface area contributed by atoms with Gasteiger partial charge in [0.25, 0.3) is 17.4 Å². The highest BCUT2D eigenvalue weighted by Gasteiger charge is 2.33. The average molecular weight is 458 g/mol. The Hall–Kier alpha value is -3.33. The van der Waals surface area contributed by atoms with E-state index in [1.165, 1.54) is 4.57 Å². The number of halogens is 1. The summed E-state index contributed by atoms with van der Waals surface area (Å²) < 4.78 is 1.20. The highest BCUT2D eigenvalue weighted by molar-refractivity contribution is 6.31. The van der Waals surface area contributed by atoms with Gasteiger partial charge >= 0.3 is 0 Å². The van der Waals surface area contributed by atoms with Crippen LogP contribution in [-0.2, 0) is 4.79 Å². The van der Waals surface area contributed by atoms with Gasteiger partial charge in [-0.3, -0.25) is 29.1 Å². The summed E-state index contributed by atoms with van der Waals surface area (Å²) in [6.07, 6.45) is 0.508. The number of hydrogen-bond acceptors (Lipinski definition) is 6. The van der Waals surface area contributed by atoms with Crippen molar-refractivity contribution >= 4 is 40.8 Å². The second kappa shape index (κ2) is 8.31. The zero-order valence-corrected chi connectivity index (χ0v) is 18.6. The van der Waals surface area contributed by atoms with E-state index in [4.69, 9.17) is 17.3 Å². The molecule has 2 aromatic rings. The summed E-state index contributed by atoms with van der Waals surface area (Å²) in [7, 11) is 0. The minimum absolute atomic E-state index is 0.0235. The van der Waals surface area contributed by atoms with Crippen LogP contribution in [0, 0.1) is 5.92 Å². The van der Waals surface area contributed by atoms with Crippen molar-refractivity contribution in [2.24, 2.45) is 5.92 Å². The average Bonchev–Trinajstić information content (AvgIpc) is 3.01. The number of rotatable bonds is 4. The lowest BCUT2D eigenvalue weighted by atomic mass is 10.1. The van der Waals surface area contributed by atoms with Crippen LogP contribution in [0.5, 0.6) is 0 Å². The minimum atomic E-state index is -0.644. The summed E-state index contributed by atoms with van der Waals surface area (Å²) in [4.78, 5) is 53.4. The topological polar surface area (TPSA) is 118 Å². The van der Waals surface area contributed by atoms with Crippen LogP contribution >= 0.6 is 11.6 Å². The lowest BCUT2D eigenvalue weighted by molar-refractivity contribution is -0.132. The van der Waals surface area contributed by atoms with Crippen LogP contribution in [0.2, 0.25) is 5.02 Å². The predicted molar refractivity (Wildman–Crippen MR) is 122 cm³/mol. The van der Waals surface area contributed by atoms with Crippen LogP contribution in [0.1, 0.15) is 41.0 Å². The highest BCUT2D eigenvalue weighted by atomic mass is 35.5. The Kier molecular flexibility index (Phi) is 5.68. The molecular weight excluding hydrogens is 434 g/mol. The van der Waals surface area contributed by atoms with Crippen LogP contribution in [0.4, 0.5) is 11.5 Å². The molecule has 0 aliphatic carbocycles. The lowest BCUT2D eigenvalue weighted by Gasteiger charge is -2.37. The van der Waals surface area contributed by atoms with E-state index in [0.717, 1.165) is 6.07 Å². The van der Waals surface area contributed by atoms with E-state index in [1.54, 1.807) is 18.2 Å². The number of anilines is 2. The molecule has 0 unspecified atom stereocenters. The van der Waals surface area contributed by atoms with E-state index in [1.807, 2.05) is 18.7 Å². The van der Waals surface area contributed by atoms with Gasteiger partial charge in [0.1, 0.15) is 5.82 Å². The summed E-state index contributed by atoms with van der Waals surface area (Å²) in [5.41, 5.74) is 6.73. The third-order valence-electron chi connectivity index (χ3n) is 5.69. The van der Waals surface area contributed by atoms with E-state index in [9.17, 15) is 19.2 Å². The number of amides is 3. The molecule has 168 valence electrons. The number of imide groups is 1. The first-order valence-electron chi connectivity index (χ1n) is 10.4. The summed E-state index contributed by atoms with van der Waals surface area (Å²) in [5.74, 6) is -0.982. The third kappa shape index (κ3) is 3.84. The van der Waals surface area contributed by atoms with Crippen molar-refractivity contribution in [1.82, 2.24) is 14.8 Å². The highest BCUT2D eigenvalue weighted by Crippen LogP contribution is 2.31. The predicted octanol–water partition coefficient (Wildman–Crippen LogP) is 1.65. The molecule has 3 heterocycles. The summed E-state index contributed by atoms with van der Waals surface area (Å²) in [6, 6.07) is 6.21. The summed E-state index contributed by atoms with van der Waals surface area (Å²) in [6.45, 7) is 6.27. The van der Waals surface area contributed by atoms with Gasteiger partial charge in [0, 0.05) is 43.7 Å². The molecule has 3 N–H and O–H groups in total. The molecule has 1 saturated heterocycles. The van der Waals surface area contributed by atoms with Gasteiger partial charge in [-0.2, -0.15) is 0 Å². The zero-order chi connectivity index (χ0) is 23.2. The number of carbonyl (C=O) groups excluding carboxylic acids is 3. The van der Waals surface area contributed by atoms with E-state index in [0.29, 0.717) is 54.9 Å². The van der Waals surface area contributed by atoms with Crippen molar-refractivity contribution in [3.8, 4) is 5.69 Å². The van der Waals surface area contributed by atoms with Gasteiger partial charge in [0.05, 0.1) is 22.5 Å². The largest absolute Gasteiger partial charge is 0.384 e. The number of nitrogens with two attached hydrogens (primary N) is 1. The zero-order valence-electron chi connectivity index (χ0n) is 17.9. The Morgan fingerprint density at radius 1 is 1.06 bits per heavy atom. The number of nitrogens with one attached hydrogen (secondary N) is 1. The number of carbonyl (C=O) groups is 3. The molecule has 0 radical (unpaired) electrons. The molecular formula is C22H24ClN5O4. The van der Waals surface area contributed by atoms with Gasteiger partial charge in [-0.15, -0.1) is 0 Å². The fourth-order valence-corrected chi connectivity index (χ4v) is 4.31. The second-order valence-corrected chi connectivity index (χ2v) is 8.81. The van der Waals surface area contributed by atoms with Gasteiger partial charge < -0.3 is 15.5 Å². The fraction of sp³-hybridized carbons (Fsp3) is 0.364. The van der Waals surface area contributed by atoms with Gasteiger partial charge in [0.2, 0.25) is 5.91 Å². The molecule has 0 bridgehead atoms. The molecule has 0 spiro atoms. The molecule has 1 aromatic heterocycles. The minimum Gasteiger partial charge on any atom is -0.384 e. The van der Waals surface area contributed by atoms with E-state index in [-0.39, 0.29) is 22.9 Å². The molecule has 2 aliphatic rings. The Balaban J connectivity index is 1.71. The van der Waals surface area contributed by atoms with Crippen molar-refractivity contribution in [2.45, 2.75) is 20.3 Å². The summed E-state index contributed by atoms with van der Waals surface area (Å²) >= 11 is 6.23. The van der Waals surface area contributed by atoms with Crippen LogP contribution in [-0.4, -0.2) is 53.4 Å². The Labute approximate surface area is 189 Å². The molecule has 3 amide bonds. The van der Waals surface area contributed by atoms with Crippen molar-refractivity contribution in [3.05, 3.63) is 50.8 Å². The fourth-order valence-electron chi connectivity index (χ4n) is 4.15. The maximum atomic E-state index is 12.9. The van der Waals surface area contributed by atoms with E-state index >= 15 is 0 Å². The number of pyridine rings is 1. The van der Waals surface area contributed by atoms with Crippen LogP contribution in [0.25, 0.3) is 5.69 Å². The molecule has 2 aliphatic heterocycles. The van der Waals surface area contributed by atoms with Gasteiger partial charge in [0.15, 0.2) is 0 Å². The molecule has 10 heteroatoms. The lowest BCUT2D eigenvalue weighted by Crippen LogP contribution is -2.49.